The first-order valence-corrected chi connectivity index (χ1v) is 7.88. The Morgan fingerprint density at radius 2 is 1.60 bits per heavy atom. The SMILES string of the molecule is Cc1ccc(C(C)(C)C(=O)NC2CCCCCC2)cc1. The first-order chi connectivity index (χ1) is 9.50. The van der Waals surface area contributed by atoms with Gasteiger partial charge in [-0.15, -0.1) is 0 Å². The van der Waals surface area contributed by atoms with Gasteiger partial charge in [0.1, 0.15) is 0 Å². The minimum absolute atomic E-state index is 0.160. The van der Waals surface area contributed by atoms with Gasteiger partial charge < -0.3 is 5.32 Å². The zero-order valence-electron chi connectivity index (χ0n) is 13.0. The molecule has 0 spiro atoms. The summed E-state index contributed by atoms with van der Waals surface area (Å²) in [5.41, 5.74) is 1.86. The molecule has 1 saturated carbocycles. The maximum Gasteiger partial charge on any atom is 0.230 e. The predicted molar refractivity (Wildman–Crippen MR) is 83.8 cm³/mol. The van der Waals surface area contributed by atoms with Gasteiger partial charge in [-0.05, 0) is 39.2 Å². The Kier molecular flexibility index (Phi) is 4.85. The lowest BCUT2D eigenvalue weighted by molar-refractivity contribution is -0.126. The molecule has 0 radical (unpaired) electrons. The van der Waals surface area contributed by atoms with Crippen molar-refractivity contribution in [2.75, 3.05) is 0 Å². The van der Waals surface area contributed by atoms with Crippen molar-refractivity contribution in [1.29, 1.82) is 0 Å². The Labute approximate surface area is 123 Å². The van der Waals surface area contributed by atoms with Crippen molar-refractivity contribution in [3.8, 4) is 0 Å². The van der Waals surface area contributed by atoms with Crippen molar-refractivity contribution in [3.05, 3.63) is 35.4 Å². The third kappa shape index (κ3) is 3.62. The van der Waals surface area contributed by atoms with Crippen molar-refractivity contribution in [2.45, 2.75) is 70.8 Å². The van der Waals surface area contributed by atoms with E-state index in [2.05, 4.69) is 36.5 Å². The van der Waals surface area contributed by atoms with Crippen LogP contribution in [-0.4, -0.2) is 11.9 Å². The molecule has 0 unspecified atom stereocenters. The molecule has 1 aromatic rings. The predicted octanol–water partition coefficient (Wildman–Crippen LogP) is 4.11. The number of hydrogen-bond donors (Lipinski definition) is 1. The molecule has 1 fully saturated rings. The second kappa shape index (κ2) is 6.43. The minimum atomic E-state index is -0.458. The summed E-state index contributed by atoms with van der Waals surface area (Å²) in [6.45, 7) is 6.11. The number of carbonyl (C=O) groups excluding carboxylic acids is 1. The second-order valence-corrected chi connectivity index (χ2v) is 6.65. The lowest BCUT2D eigenvalue weighted by Crippen LogP contribution is -2.45. The van der Waals surface area contributed by atoms with Gasteiger partial charge in [-0.3, -0.25) is 4.79 Å². The van der Waals surface area contributed by atoms with E-state index in [1.54, 1.807) is 0 Å². The highest BCUT2D eigenvalue weighted by atomic mass is 16.2. The van der Waals surface area contributed by atoms with Crippen molar-refractivity contribution in [1.82, 2.24) is 5.32 Å². The Balaban J connectivity index is 2.04. The first-order valence-electron chi connectivity index (χ1n) is 7.88. The van der Waals surface area contributed by atoms with Crippen LogP contribution in [0.2, 0.25) is 0 Å². The summed E-state index contributed by atoms with van der Waals surface area (Å²) in [4.78, 5) is 12.6. The van der Waals surface area contributed by atoms with Gasteiger partial charge in [0.15, 0.2) is 0 Å². The molecule has 0 atom stereocenters. The fraction of sp³-hybridized carbons (Fsp3) is 0.611. The average molecular weight is 273 g/mol. The molecule has 0 bridgehead atoms. The molecule has 0 aliphatic heterocycles. The van der Waals surface area contributed by atoms with Gasteiger partial charge in [-0.1, -0.05) is 55.5 Å². The van der Waals surface area contributed by atoms with Crippen LogP contribution < -0.4 is 5.32 Å². The van der Waals surface area contributed by atoms with Crippen LogP contribution in [-0.2, 0) is 10.2 Å². The lowest BCUT2D eigenvalue weighted by Gasteiger charge is -2.27. The molecule has 110 valence electrons. The van der Waals surface area contributed by atoms with Crippen LogP contribution in [0.25, 0.3) is 0 Å². The molecule has 2 nitrogen and oxygen atoms in total. The third-order valence-corrected chi connectivity index (χ3v) is 4.53. The standard InChI is InChI=1S/C18H27NO/c1-14-10-12-15(13-11-14)18(2,3)17(20)19-16-8-6-4-5-7-9-16/h10-13,16H,4-9H2,1-3H3,(H,19,20). The lowest BCUT2D eigenvalue weighted by atomic mass is 9.83. The van der Waals surface area contributed by atoms with E-state index in [0.717, 1.165) is 18.4 Å². The highest BCUT2D eigenvalue weighted by Gasteiger charge is 2.31. The summed E-state index contributed by atoms with van der Waals surface area (Å²) < 4.78 is 0. The van der Waals surface area contributed by atoms with Gasteiger partial charge >= 0.3 is 0 Å². The molecule has 20 heavy (non-hydrogen) atoms. The summed E-state index contributed by atoms with van der Waals surface area (Å²) in [5.74, 6) is 0.160. The number of carbonyl (C=O) groups is 1. The summed E-state index contributed by atoms with van der Waals surface area (Å²) in [6, 6.07) is 8.67. The average Bonchev–Trinajstić information content (AvgIpc) is 2.68. The topological polar surface area (TPSA) is 29.1 Å². The van der Waals surface area contributed by atoms with Crippen LogP contribution in [0.15, 0.2) is 24.3 Å². The Morgan fingerprint density at radius 3 is 2.15 bits per heavy atom. The maximum absolute atomic E-state index is 12.6. The smallest absolute Gasteiger partial charge is 0.230 e. The number of rotatable bonds is 3. The fourth-order valence-electron chi connectivity index (χ4n) is 2.89. The molecule has 2 rings (SSSR count). The number of nitrogens with one attached hydrogen (secondary N) is 1. The van der Waals surface area contributed by atoms with E-state index in [1.165, 1.54) is 31.2 Å². The molecule has 1 amide bonds. The van der Waals surface area contributed by atoms with E-state index in [0.29, 0.717) is 6.04 Å². The van der Waals surface area contributed by atoms with E-state index in [1.807, 2.05) is 13.8 Å². The van der Waals surface area contributed by atoms with Crippen LogP contribution in [0.4, 0.5) is 0 Å². The summed E-state index contributed by atoms with van der Waals surface area (Å²) in [7, 11) is 0. The molecule has 1 aliphatic carbocycles. The summed E-state index contributed by atoms with van der Waals surface area (Å²) in [6.07, 6.45) is 7.39. The normalized spacial score (nSPS) is 17.6. The van der Waals surface area contributed by atoms with Gasteiger partial charge in [0.05, 0.1) is 5.41 Å². The molecular weight excluding hydrogens is 246 g/mol. The molecule has 1 aromatic carbocycles. The van der Waals surface area contributed by atoms with Crippen molar-refractivity contribution in [3.63, 3.8) is 0 Å². The van der Waals surface area contributed by atoms with E-state index >= 15 is 0 Å². The van der Waals surface area contributed by atoms with Crippen molar-refractivity contribution in [2.24, 2.45) is 0 Å². The Morgan fingerprint density at radius 1 is 1.05 bits per heavy atom. The fourth-order valence-corrected chi connectivity index (χ4v) is 2.89. The zero-order valence-corrected chi connectivity index (χ0v) is 13.0. The van der Waals surface area contributed by atoms with E-state index in [-0.39, 0.29) is 5.91 Å². The first kappa shape index (κ1) is 15.1. The third-order valence-electron chi connectivity index (χ3n) is 4.53. The van der Waals surface area contributed by atoms with Crippen LogP contribution in [0.1, 0.15) is 63.5 Å². The molecule has 1 N–H and O–H groups in total. The highest BCUT2D eigenvalue weighted by molar-refractivity contribution is 5.87. The Bertz CT molecular complexity index is 439. The van der Waals surface area contributed by atoms with Gasteiger partial charge in [0.25, 0.3) is 0 Å². The molecule has 2 heteroatoms. The van der Waals surface area contributed by atoms with Gasteiger partial charge in [-0.25, -0.2) is 0 Å². The van der Waals surface area contributed by atoms with Gasteiger partial charge in [0.2, 0.25) is 5.91 Å². The molecular formula is C18H27NO. The second-order valence-electron chi connectivity index (χ2n) is 6.65. The number of hydrogen-bond acceptors (Lipinski definition) is 1. The van der Waals surface area contributed by atoms with Crippen LogP contribution in [0.3, 0.4) is 0 Å². The summed E-state index contributed by atoms with van der Waals surface area (Å²) in [5, 5.41) is 3.27. The number of benzene rings is 1. The van der Waals surface area contributed by atoms with Gasteiger partial charge in [-0.2, -0.15) is 0 Å². The van der Waals surface area contributed by atoms with Gasteiger partial charge in [0, 0.05) is 6.04 Å². The molecule has 0 saturated heterocycles. The van der Waals surface area contributed by atoms with Crippen LogP contribution in [0, 0.1) is 6.92 Å². The maximum atomic E-state index is 12.6. The number of amides is 1. The molecule has 0 heterocycles. The van der Waals surface area contributed by atoms with E-state index in [4.69, 9.17) is 0 Å². The van der Waals surface area contributed by atoms with Crippen molar-refractivity contribution < 1.29 is 4.79 Å². The largest absolute Gasteiger partial charge is 0.353 e. The Hall–Kier alpha value is -1.31. The number of aryl methyl sites for hydroxylation is 1. The van der Waals surface area contributed by atoms with E-state index < -0.39 is 5.41 Å². The molecule has 0 aromatic heterocycles. The highest BCUT2D eigenvalue weighted by Crippen LogP contribution is 2.25. The molecule has 1 aliphatic rings. The zero-order chi connectivity index (χ0) is 14.6. The minimum Gasteiger partial charge on any atom is -0.353 e. The monoisotopic (exact) mass is 273 g/mol. The van der Waals surface area contributed by atoms with E-state index in [9.17, 15) is 4.79 Å². The summed E-state index contributed by atoms with van der Waals surface area (Å²) >= 11 is 0. The van der Waals surface area contributed by atoms with Crippen molar-refractivity contribution >= 4 is 5.91 Å². The quantitative estimate of drug-likeness (QED) is 0.825. The van der Waals surface area contributed by atoms with Crippen LogP contribution >= 0.6 is 0 Å². The van der Waals surface area contributed by atoms with Crippen LogP contribution in [0.5, 0.6) is 0 Å².